The minimum atomic E-state index is 0.114. The summed E-state index contributed by atoms with van der Waals surface area (Å²) in [6.45, 7) is 5.22. The van der Waals surface area contributed by atoms with Crippen molar-refractivity contribution in [3.63, 3.8) is 0 Å². The number of para-hydroxylation sites is 1. The second kappa shape index (κ2) is 9.02. The van der Waals surface area contributed by atoms with E-state index < -0.39 is 0 Å². The molecule has 1 atom stereocenters. The molecule has 2 rings (SSSR count). The fourth-order valence-electron chi connectivity index (χ4n) is 2.93. The second-order valence-corrected chi connectivity index (χ2v) is 7.38. The van der Waals surface area contributed by atoms with Crippen LogP contribution in [0.4, 0.5) is 5.69 Å². The first-order valence-electron chi connectivity index (χ1n) is 8.43. The second-order valence-electron chi connectivity index (χ2n) is 6.46. The van der Waals surface area contributed by atoms with Crippen molar-refractivity contribution in [2.45, 2.75) is 26.4 Å². The largest absolute Gasteiger partial charge is 0.496 e. The van der Waals surface area contributed by atoms with E-state index in [1.54, 1.807) is 7.11 Å². The zero-order chi connectivity index (χ0) is 18.4. The molecule has 0 heterocycles. The summed E-state index contributed by atoms with van der Waals surface area (Å²) in [5, 5.41) is 0. The van der Waals surface area contributed by atoms with Gasteiger partial charge >= 0.3 is 0 Å². The smallest absolute Gasteiger partial charge is 0.282 e. The number of hydrogen-bond donors (Lipinski definition) is 1. The van der Waals surface area contributed by atoms with Crippen molar-refractivity contribution < 1.29 is 14.4 Å². The van der Waals surface area contributed by atoms with E-state index in [0.29, 0.717) is 6.54 Å². The number of carbonyl (C=O) groups is 1. The number of nitrogens with one attached hydrogen (secondary N) is 1. The third-order valence-electron chi connectivity index (χ3n) is 4.01. The van der Waals surface area contributed by atoms with Crippen LogP contribution < -0.4 is 14.5 Å². The highest BCUT2D eigenvalue weighted by Gasteiger charge is 2.22. The molecule has 0 aliphatic carbocycles. The van der Waals surface area contributed by atoms with Crippen LogP contribution in [-0.2, 0) is 11.3 Å². The van der Waals surface area contributed by atoms with Gasteiger partial charge in [0.05, 0.1) is 14.2 Å². The number of amides is 1. The van der Waals surface area contributed by atoms with E-state index in [1.807, 2.05) is 74.3 Å². The number of methoxy groups -OCH3 is 1. The first-order valence-corrected chi connectivity index (χ1v) is 9.22. The van der Waals surface area contributed by atoms with E-state index >= 15 is 0 Å². The summed E-state index contributed by atoms with van der Waals surface area (Å²) in [7, 11) is 3.70. The highest BCUT2D eigenvalue weighted by atomic mass is 79.9. The van der Waals surface area contributed by atoms with Crippen LogP contribution in [-0.4, -0.2) is 32.7 Å². The summed E-state index contributed by atoms with van der Waals surface area (Å²) in [4.78, 5) is 15.8. The number of halogens is 1. The minimum absolute atomic E-state index is 0.114. The average Bonchev–Trinajstić information content (AvgIpc) is 2.55. The molecule has 1 amide bonds. The topological polar surface area (TPSA) is 34.0 Å². The lowest BCUT2D eigenvalue weighted by molar-refractivity contribution is -0.885. The number of likely N-dealkylation sites (N-methyl/N-ethyl adjacent to an activating group) is 1. The molecule has 1 unspecified atom stereocenters. The summed E-state index contributed by atoms with van der Waals surface area (Å²) in [6, 6.07) is 15.9. The number of ether oxygens (including phenoxy) is 1. The predicted octanol–water partition coefficient (Wildman–Crippen LogP) is 2.91. The van der Waals surface area contributed by atoms with Gasteiger partial charge in [0.15, 0.2) is 6.54 Å². The molecule has 2 aromatic rings. The minimum Gasteiger partial charge on any atom is -0.496 e. The Hall–Kier alpha value is -1.85. The summed E-state index contributed by atoms with van der Waals surface area (Å²) >= 11 is 3.50. The van der Waals surface area contributed by atoms with Gasteiger partial charge in [-0.25, -0.2) is 0 Å². The molecule has 0 saturated heterocycles. The zero-order valence-electron chi connectivity index (χ0n) is 15.3. The third-order valence-corrected chi connectivity index (χ3v) is 4.50. The zero-order valence-corrected chi connectivity index (χ0v) is 16.8. The molecular weight excluding hydrogens is 380 g/mol. The monoisotopic (exact) mass is 405 g/mol. The van der Waals surface area contributed by atoms with E-state index in [2.05, 4.69) is 15.9 Å². The van der Waals surface area contributed by atoms with Gasteiger partial charge in [-0.3, -0.25) is 4.79 Å². The van der Waals surface area contributed by atoms with Crippen molar-refractivity contribution in [1.82, 2.24) is 0 Å². The molecule has 0 radical (unpaired) electrons. The first kappa shape index (κ1) is 19.5. The van der Waals surface area contributed by atoms with Crippen molar-refractivity contribution in [1.29, 1.82) is 0 Å². The van der Waals surface area contributed by atoms with Gasteiger partial charge in [-0.1, -0.05) is 34.1 Å². The molecule has 4 nitrogen and oxygen atoms in total. The van der Waals surface area contributed by atoms with Crippen molar-refractivity contribution in [3.8, 4) is 5.75 Å². The van der Waals surface area contributed by atoms with Gasteiger partial charge in [0.25, 0.3) is 5.91 Å². The van der Waals surface area contributed by atoms with E-state index in [9.17, 15) is 4.79 Å². The molecule has 25 heavy (non-hydrogen) atoms. The summed E-state index contributed by atoms with van der Waals surface area (Å²) in [6.07, 6.45) is 0. The van der Waals surface area contributed by atoms with Crippen molar-refractivity contribution >= 4 is 27.5 Å². The Morgan fingerprint density at radius 2 is 1.88 bits per heavy atom. The molecule has 2 aromatic carbocycles. The van der Waals surface area contributed by atoms with Crippen LogP contribution in [0.2, 0.25) is 0 Å². The Balaban J connectivity index is 2.10. The Kier molecular flexibility index (Phi) is 7.02. The lowest BCUT2D eigenvalue weighted by Gasteiger charge is -2.28. The Labute approximate surface area is 158 Å². The first-order chi connectivity index (χ1) is 11.9. The van der Waals surface area contributed by atoms with Crippen LogP contribution in [0.15, 0.2) is 53.0 Å². The SMILES string of the molecule is COc1ccc(Br)cc1C[NH+](C)CC(=O)N(c1ccccc1)C(C)C. The standard InChI is InChI=1S/C20H25BrN2O2/c1-15(2)23(18-8-6-5-7-9-18)20(24)14-22(3)13-16-12-17(21)10-11-19(16)25-4/h5-12,15H,13-14H2,1-4H3/p+1. The number of nitrogens with zero attached hydrogens (tertiary/aromatic N) is 1. The van der Waals surface area contributed by atoms with Gasteiger partial charge in [-0.2, -0.15) is 0 Å². The molecule has 0 bridgehead atoms. The molecule has 1 N–H and O–H groups in total. The van der Waals surface area contributed by atoms with Gasteiger partial charge in [-0.05, 0) is 44.2 Å². The summed E-state index contributed by atoms with van der Waals surface area (Å²) in [5.41, 5.74) is 2.02. The van der Waals surface area contributed by atoms with E-state index in [0.717, 1.165) is 32.9 Å². The molecule has 0 saturated carbocycles. The van der Waals surface area contributed by atoms with Crippen molar-refractivity contribution in [3.05, 3.63) is 58.6 Å². The molecule has 5 heteroatoms. The number of quaternary nitrogens is 1. The molecule has 0 spiro atoms. The normalized spacial score (nSPS) is 12.1. The Bertz CT molecular complexity index is 704. The molecule has 134 valence electrons. The fraction of sp³-hybridized carbons (Fsp3) is 0.350. The van der Waals surface area contributed by atoms with Gasteiger partial charge < -0.3 is 14.5 Å². The van der Waals surface area contributed by atoms with Crippen LogP contribution in [0, 0.1) is 0 Å². The van der Waals surface area contributed by atoms with Crippen LogP contribution in [0.5, 0.6) is 5.75 Å². The van der Waals surface area contributed by atoms with Crippen LogP contribution in [0.3, 0.4) is 0 Å². The van der Waals surface area contributed by atoms with E-state index in [1.165, 1.54) is 0 Å². The Morgan fingerprint density at radius 3 is 2.48 bits per heavy atom. The lowest BCUT2D eigenvalue weighted by atomic mass is 10.2. The molecular formula is C20H26BrN2O2+. The highest BCUT2D eigenvalue weighted by molar-refractivity contribution is 9.10. The van der Waals surface area contributed by atoms with Crippen molar-refractivity contribution in [2.75, 3.05) is 25.6 Å². The molecule has 0 fully saturated rings. The van der Waals surface area contributed by atoms with Crippen LogP contribution >= 0.6 is 15.9 Å². The number of hydrogen-bond acceptors (Lipinski definition) is 2. The molecule has 0 aliphatic rings. The third kappa shape index (κ3) is 5.31. The molecule has 0 aromatic heterocycles. The summed E-state index contributed by atoms with van der Waals surface area (Å²) in [5.74, 6) is 0.964. The maximum atomic E-state index is 12.9. The van der Waals surface area contributed by atoms with Gasteiger partial charge in [-0.15, -0.1) is 0 Å². The van der Waals surface area contributed by atoms with Crippen molar-refractivity contribution in [2.24, 2.45) is 0 Å². The quantitative estimate of drug-likeness (QED) is 0.768. The lowest BCUT2D eigenvalue weighted by Crippen LogP contribution is -3.09. The van der Waals surface area contributed by atoms with Gasteiger partial charge in [0.2, 0.25) is 0 Å². The summed E-state index contributed by atoms with van der Waals surface area (Å²) < 4.78 is 6.44. The Morgan fingerprint density at radius 1 is 1.20 bits per heavy atom. The maximum absolute atomic E-state index is 12.9. The van der Waals surface area contributed by atoms with Crippen LogP contribution in [0.25, 0.3) is 0 Å². The van der Waals surface area contributed by atoms with E-state index in [-0.39, 0.29) is 11.9 Å². The fourth-order valence-corrected chi connectivity index (χ4v) is 3.34. The number of carbonyl (C=O) groups excluding carboxylic acids is 1. The number of benzene rings is 2. The number of anilines is 1. The number of rotatable bonds is 7. The average molecular weight is 406 g/mol. The predicted molar refractivity (Wildman–Crippen MR) is 105 cm³/mol. The van der Waals surface area contributed by atoms with Gasteiger partial charge in [0.1, 0.15) is 12.3 Å². The maximum Gasteiger partial charge on any atom is 0.282 e. The van der Waals surface area contributed by atoms with E-state index in [4.69, 9.17) is 4.74 Å². The van der Waals surface area contributed by atoms with Gasteiger partial charge in [0, 0.05) is 21.8 Å². The molecule has 0 aliphatic heterocycles. The van der Waals surface area contributed by atoms with Crippen LogP contribution in [0.1, 0.15) is 19.4 Å². The highest BCUT2D eigenvalue weighted by Crippen LogP contribution is 2.22.